The predicted molar refractivity (Wildman–Crippen MR) is 95.4 cm³/mol. The van der Waals surface area contributed by atoms with E-state index in [0.29, 0.717) is 11.0 Å². The Kier molecular flexibility index (Phi) is 4.61. The van der Waals surface area contributed by atoms with Gasteiger partial charge in [0, 0.05) is 4.47 Å². The Morgan fingerprint density at radius 3 is 2.71 bits per heavy atom. The molecule has 0 aliphatic carbocycles. The Bertz CT molecular complexity index is 951. The molecule has 24 heavy (non-hydrogen) atoms. The maximum absolute atomic E-state index is 12.1. The van der Waals surface area contributed by atoms with E-state index in [2.05, 4.69) is 31.2 Å². The molecular weight excluding hydrogens is 374 g/mol. The van der Waals surface area contributed by atoms with Gasteiger partial charge in [0.25, 0.3) is 5.56 Å². The molecule has 1 amide bonds. The third kappa shape index (κ3) is 3.62. The number of fused-ring (bicyclic) bond motifs is 1. The topological polar surface area (TPSA) is 84.1 Å². The largest absolute Gasteiger partial charge is 0.497 e. The number of benzene rings is 2. The van der Waals surface area contributed by atoms with Crippen LogP contribution >= 0.6 is 15.9 Å². The summed E-state index contributed by atoms with van der Waals surface area (Å²) in [6.07, 6.45) is 0.141. The fraction of sp³-hybridized carbons (Fsp3) is 0.118. The maximum atomic E-state index is 12.1. The molecule has 0 unspecified atom stereocenters. The number of carbonyl (C=O) groups excluding carboxylic acids is 1. The predicted octanol–water partition coefficient (Wildman–Crippen LogP) is 2.88. The summed E-state index contributed by atoms with van der Waals surface area (Å²) in [6.45, 7) is 0. The Labute approximate surface area is 146 Å². The van der Waals surface area contributed by atoms with Crippen molar-refractivity contribution < 1.29 is 9.53 Å². The standard InChI is InChI=1S/C17H14BrN3O3/c1-24-12-5-2-10(3-6-12)8-15(22)21-16-17(23)20-13-7-4-11(18)9-14(13)19-16/h2-7,9H,8H2,1H3,(H,20,23)(H,19,21,22). The Hall–Kier alpha value is -2.67. The van der Waals surface area contributed by atoms with Crippen LogP contribution in [0.1, 0.15) is 5.56 Å². The van der Waals surface area contributed by atoms with E-state index in [9.17, 15) is 9.59 Å². The van der Waals surface area contributed by atoms with Crippen molar-refractivity contribution in [1.82, 2.24) is 9.97 Å². The molecule has 7 heteroatoms. The summed E-state index contributed by atoms with van der Waals surface area (Å²) in [5.74, 6) is 0.393. The number of rotatable bonds is 4. The molecule has 0 saturated heterocycles. The first-order chi connectivity index (χ1) is 11.5. The molecule has 1 heterocycles. The number of carbonyl (C=O) groups is 1. The lowest BCUT2D eigenvalue weighted by atomic mass is 10.1. The lowest BCUT2D eigenvalue weighted by Crippen LogP contribution is -2.22. The summed E-state index contributed by atoms with van der Waals surface area (Å²) in [7, 11) is 1.58. The highest BCUT2D eigenvalue weighted by atomic mass is 79.9. The fourth-order valence-electron chi connectivity index (χ4n) is 2.25. The molecule has 3 aromatic rings. The minimum absolute atomic E-state index is 0.0147. The van der Waals surface area contributed by atoms with E-state index in [-0.39, 0.29) is 18.1 Å². The quantitative estimate of drug-likeness (QED) is 0.720. The maximum Gasteiger partial charge on any atom is 0.291 e. The van der Waals surface area contributed by atoms with E-state index in [4.69, 9.17) is 4.74 Å². The molecule has 0 spiro atoms. The highest BCUT2D eigenvalue weighted by Gasteiger charge is 2.10. The van der Waals surface area contributed by atoms with E-state index in [1.165, 1.54) is 0 Å². The van der Waals surface area contributed by atoms with Crippen molar-refractivity contribution in [3.05, 3.63) is 62.9 Å². The second kappa shape index (κ2) is 6.84. The number of amides is 1. The van der Waals surface area contributed by atoms with Gasteiger partial charge in [0.1, 0.15) is 5.75 Å². The van der Waals surface area contributed by atoms with Crippen LogP contribution in [-0.4, -0.2) is 23.0 Å². The number of nitrogens with zero attached hydrogens (tertiary/aromatic N) is 1. The number of anilines is 1. The number of ether oxygens (including phenoxy) is 1. The number of aromatic nitrogens is 2. The zero-order valence-corrected chi connectivity index (χ0v) is 14.4. The Morgan fingerprint density at radius 2 is 2.00 bits per heavy atom. The first-order valence-corrected chi connectivity index (χ1v) is 7.97. The second-order valence-electron chi connectivity index (χ2n) is 5.15. The van der Waals surface area contributed by atoms with Crippen LogP contribution < -0.4 is 15.6 Å². The molecule has 0 aliphatic heterocycles. The summed E-state index contributed by atoms with van der Waals surface area (Å²) in [5, 5.41) is 2.56. The zero-order valence-electron chi connectivity index (χ0n) is 12.8. The fourth-order valence-corrected chi connectivity index (χ4v) is 2.59. The molecule has 122 valence electrons. The highest BCUT2D eigenvalue weighted by Crippen LogP contribution is 2.16. The van der Waals surface area contributed by atoms with Crippen LogP contribution in [0.25, 0.3) is 11.0 Å². The number of methoxy groups -OCH3 is 1. The molecule has 0 bridgehead atoms. The average molecular weight is 388 g/mol. The normalized spacial score (nSPS) is 10.6. The summed E-state index contributed by atoms with van der Waals surface area (Å²) >= 11 is 3.35. The first-order valence-electron chi connectivity index (χ1n) is 7.17. The molecule has 0 radical (unpaired) electrons. The lowest BCUT2D eigenvalue weighted by molar-refractivity contribution is -0.115. The van der Waals surface area contributed by atoms with Gasteiger partial charge in [-0.1, -0.05) is 28.1 Å². The van der Waals surface area contributed by atoms with E-state index in [1.807, 2.05) is 6.07 Å². The molecule has 0 saturated carbocycles. The average Bonchev–Trinajstić information content (AvgIpc) is 2.56. The smallest absolute Gasteiger partial charge is 0.291 e. The second-order valence-corrected chi connectivity index (χ2v) is 6.06. The van der Waals surface area contributed by atoms with Gasteiger partial charge in [0.15, 0.2) is 5.82 Å². The first kappa shape index (κ1) is 16.2. The molecule has 2 N–H and O–H groups in total. The minimum Gasteiger partial charge on any atom is -0.497 e. The number of hydrogen-bond acceptors (Lipinski definition) is 4. The highest BCUT2D eigenvalue weighted by molar-refractivity contribution is 9.10. The van der Waals surface area contributed by atoms with E-state index >= 15 is 0 Å². The van der Waals surface area contributed by atoms with Crippen molar-refractivity contribution in [3.63, 3.8) is 0 Å². The summed E-state index contributed by atoms with van der Waals surface area (Å²) in [4.78, 5) is 31.1. The van der Waals surface area contributed by atoms with Crippen LogP contribution in [0.2, 0.25) is 0 Å². The molecule has 2 aromatic carbocycles. The van der Waals surface area contributed by atoms with Crippen LogP contribution in [0.4, 0.5) is 5.82 Å². The Balaban J connectivity index is 1.79. The van der Waals surface area contributed by atoms with Crippen molar-refractivity contribution in [3.8, 4) is 5.75 Å². The summed E-state index contributed by atoms with van der Waals surface area (Å²) < 4.78 is 5.91. The van der Waals surface area contributed by atoms with E-state index in [1.54, 1.807) is 43.5 Å². The molecule has 3 rings (SSSR count). The molecule has 6 nitrogen and oxygen atoms in total. The van der Waals surface area contributed by atoms with E-state index < -0.39 is 5.56 Å². The van der Waals surface area contributed by atoms with Gasteiger partial charge < -0.3 is 15.0 Å². The van der Waals surface area contributed by atoms with Crippen molar-refractivity contribution in [1.29, 1.82) is 0 Å². The van der Waals surface area contributed by atoms with Crippen molar-refractivity contribution >= 4 is 38.7 Å². The molecule has 0 atom stereocenters. The third-order valence-corrected chi connectivity index (χ3v) is 3.93. The number of nitrogens with one attached hydrogen (secondary N) is 2. The molecule has 1 aromatic heterocycles. The SMILES string of the molecule is COc1ccc(CC(=O)Nc2nc3cc(Br)ccc3[nH]c2=O)cc1. The zero-order chi connectivity index (χ0) is 17.1. The van der Waals surface area contributed by atoms with Gasteiger partial charge in [-0.25, -0.2) is 4.98 Å². The number of H-pyrrole nitrogens is 1. The lowest BCUT2D eigenvalue weighted by Gasteiger charge is -2.06. The van der Waals surface area contributed by atoms with Gasteiger partial charge in [-0.3, -0.25) is 9.59 Å². The van der Waals surface area contributed by atoms with Gasteiger partial charge in [-0.15, -0.1) is 0 Å². The number of halogens is 1. The van der Waals surface area contributed by atoms with Crippen LogP contribution in [0, 0.1) is 0 Å². The number of aromatic amines is 1. The van der Waals surface area contributed by atoms with Gasteiger partial charge in [-0.2, -0.15) is 0 Å². The van der Waals surface area contributed by atoms with Crippen LogP contribution in [0.5, 0.6) is 5.75 Å². The van der Waals surface area contributed by atoms with Crippen molar-refractivity contribution in [2.75, 3.05) is 12.4 Å². The van der Waals surface area contributed by atoms with E-state index in [0.717, 1.165) is 15.8 Å². The molecule has 0 aliphatic rings. The van der Waals surface area contributed by atoms with Gasteiger partial charge in [0.2, 0.25) is 5.91 Å². The van der Waals surface area contributed by atoms with Crippen LogP contribution in [0.3, 0.4) is 0 Å². The summed E-state index contributed by atoms with van der Waals surface area (Å²) in [6, 6.07) is 12.5. The van der Waals surface area contributed by atoms with Crippen molar-refractivity contribution in [2.24, 2.45) is 0 Å². The van der Waals surface area contributed by atoms with Crippen LogP contribution in [0.15, 0.2) is 51.7 Å². The summed E-state index contributed by atoms with van der Waals surface area (Å²) in [5.41, 5.74) is 1.57. The molecule has 0 fully saturated rings. The number of hydrogen-bond donors (Lipinski definition) is 2. The third-order valence-electron chi connectivity index (χ3n) is 3.44. The van der Waals surface area contributed by atoms with Crippen LogP contribution in [-0.2, 0) is 11.2 Å². The van der Waals surface area contributed by atoms with Crippen molar-refractivity contribution in [2.45, 2.75) is 6.42 Å². The Morgan fingerprint density at radius 1 is 1.25 bits per heavy atom. The van der Waals surface area contributed by atoms with Gasteiger partial charge >= 0.3 is 0 Å². The van der Waals surface area contributed by atoms with Gasteiger partial charge in [-0.05, 0) is 35.9 Å². The molecular formula is C17H14BrN3O3. The van der Waals surface area contributed by atoms with Gasteiger partial charge in [0.05, 0.1) is 24.6 Å². The monoisotopic (exact) mass is 387 g/mol. The minimum atomic E-state index is -0.437.